The first kappa shape index (κ1) is 22.7. The molecule has 3 heterocycles. The molecule has 34 heavy (non-hydrogen) atoms. The van der Waals surface area contributed by atoms with Gasteiger partial charge in [-0.15, -0.1) is 0 Å². The van der Waals surface area contributed by atoms with Crippen LogP contribution in [0.5, 0.6) is 0 Å². The second-order valence-corrected chi connectivity index (χ2v) is 12.0. The zero-order valence-corrected chi connectivity index (χ0v) is 19.9. The molecule has 2 aliphatic heterocycles. The summed E-state index contributed by atoms with van der Waals surface area (Å²) in [6.07, 6.45) is 0.178. The van der Waals surface area contributed by atoms with Crippen molar-refractivity contribution in [2.75, 3.05) is 0 Å². The van der Waals surface area contributed by atoms with Crippen LogP contribution in [0.25, 0.3) is 0 Å². The Labute approximate surface area is 197 Å². The predicted molar refractivity (Wildman–Crippen MR) is 117 cm³/mol. The number of nitrogens with one attached hydrogen (secondary N) is 1. The minimum absolute atomic E-state index is 0.0126. The Morgan fingerprint density at radius 3 is 2.50 bits per heavy atom. The highest BCUT2D eigenvalue weighted by Gasteiger charge is 3.09. The number of H-pyrrole nitrogens is 1. The first-order valence-electron chi connectivity index (χ1n) is 11.9. The number of hydrogen-bond acceptors (Lipinski definition) is 8. The maximum Gasteiger partial charge on any atom is 0.355 e. The summed E-state index contributed by atoms with van der Waals surface area (Å²) in [5.74, 6) is -3.63. The van der Waals surface area contributed by atoms with E-state index >= 15 is 0 Å². The average molecular weight is 476 g/mol. The van der Waals surface area contributed by atoms with Gasteiger partial charge >= 0.3 is 5.97 Å². The largest absolute Gasteiger partial charge is 0.451 e. The molecule has 0 amide bonds. The van der Waals surface area contributed by atoms with Crippen LogP contribution in [-0.4, -0.2) is 76.4 Å². The molecule has 6 bridgehead atoms. The van der Waals surface area contributed by atoms with Gasteiger partial charge in [-0.2, -0.15) is 0 Å². The summed E-state index contributed by atoms with van der Waals surface area (Å²) in [6, 6.07) is 3.11. The van der Waals surface area contributed by atoms with E-state index in [-0.39, 0.29) is 25.0 Å². The van der Waals surface area contributed by atoms with Crippen molar-refractivity contribution in [2.24, 2.45) is 16.7 Å². The molecule has 9 atom stereocenters. The lowest BCUT2D eigenvalue weighted by molar-refractivity contribution is -0.374. The van der Waals surface area contributed by atoms with Gasteiger partial charge in [-0.25, -0.2) is 4.79 Å². The molecule has 6 N–H and O–H groups in total. The van der Waals surface area contributed by atoms with E-state index in [9.17, 15) is 30.3 Å². The number of aromatic amines is 1. The average Bonchev–Trinajstić information content (AvgIpc) is 3.37. The van der Waals surface area contributed by atoms with Gasteiger partial charge in [-0.05, 0) is 37.8 Å². The third-order valence-corrected chi connectivity index (χ3v) is 10.8. The Bertz CT molecular complexity index is 1140. The van der Waals surface area contributed by atoms with Crippen LogP contribution in [0.3, 0.4) is 0 Å². The highest BCUT2D eigenvalue weighted by molar-refractivity contribution is 5.87. The van der Waals surface area contributed by atoms with E-state index in [0.717, 1.165) is 0 Å². The fourth-order valence-electron chi connectivity index (χ4n) is 9.29. The zero-order valence-electron chi connectivity index (χ0n) is 19.9. The topological polar surface area (TPSA) is 152 Å². The van der Waals surface area contributed by atoms with Crippen molar-refractivity contribution >= 4 is 5.97 Å². The number of ether oxygens (including phenoxy) is 2. The van der Waals surface area contributed by atoms with Gasteiger partial charge < -0.3 is 40.0 Å². The van der Waals surface area contributed by atoms with Crippen molar-refractivity contribution in [3.8, 4) is 0 Å². The van der Waals surface area contributed by atoms with Crippen LogP contribution in [-0.2, 0) is 9.47 Å². The molecule has 9 heteroatoms. The Kier molecular flexibility index (Phi) is 3.76. The molecule has 0 aromatic carbocycles. The molecule has 6 fully saturated rings. The SMILES string of the molecule is C=C1CC[C@]2(O)[C@]3(C)C[C@]4(O)O[C@@]2(C1)[C@]1(O)[C@@]3(O)[C@H](OC(=O)c2ccc[nH]2)[C@](O)(C(C)C)[C@@]14C. The predicted octanol–water partition coefficient (Wildman–Crippen LogP) is 0.762. The van der Waals surface area contributed by atoms with E-state index in [1.807, 2.05) is 0 Å². The van der Waals surface area contributed by atoms with E-state index < -0.39 is 62.6 Å². The van der Waals surface area contributed by atoms with Crippen LogP contribution < -0.4 is 0 Å². The number of aromatic nitrogens is 1. The van der Waals surface area contributed by atoms with Gasteiger partial charge in [-0.3, -0.25) is 0 Å². The first-order valence-corrected chi connectivity index (χ1v) is 11.9. The molecule has 186 valence electrons. The molecule has 4 aliphatic carbocycles. The summed E-state index contributed by atoms with van der Waals surface area (Å²) in [6.45, 7) is 10.5. The zero-order chi connectivity index (χ0) is 25.0. The van der Waals surface area contributed by atoms with Crippen LogP contribution in [0, 0.1) is 16.7 Å². The molecular weight excluding hydrogens is 442 g/mol. The highest BCUT2D eigenvalue weighted by atomic mass is 16.7. The van der Waals surface area contributed by atoms with Gasteiger partial charge in [0.2, 0.25) is 0 Å². The normalized spacial score (nSPS) is 56.9. The number of hydrogen-bond donors (Lipinski definition) is 6. The summed E-state index contributed by atoms with van der Waals surface area (Å²) < 4.78 is 12.2. The summed E-state index contributed by atoms with van der Waals surface area (Å²) in [5, 5.41) is 62.2. The minimum atomic E-state index is -2.37. The minimum Gasteiger partial charge on any atom is -0.451 e. The van der Waals surface area contributed by atoms with E-state index in [1.165, 1.54) is 13.0 Å². The number of rotatable bonds is 3. The van der Waals surface area contributed by atoms with Crippen LogP contribution in [0.15, 0.2) is 30.5 Å². The number of carbonyl (C=O) groups excluding carboxylic acids is 1. The van der Waals surface area contributed by atoms with Gasteiger partial charge in [0.1, 0.15) is 33.7 Å². The molecule has 0 radical (unpaired) electrons. The molecule has 1 spiro atoms. The number of esters is 1. The van der Waals surface area contributed by atoms with Gasteiger partial charge in [0.15, 0.2) is 11.9 Å². The van der Waals surface area contributed by atoms with Gasteiger partial charge in [-0.1, -0.05) is 32.9 Å². The first-order chi connectivity index (χ1) is 15.6. The highest BCUT2D eigenvalue weighted by Crippen LogP contribution is 2.90. The Morgan fingerprint density at radius 1 is 1.24 bits per heavy atom. The summed E-state index contributed by atoms with van der Waals surface area (Å²) >= 11 is 0. The van der Waals surface area contributed by atoms with Crippen LogP contribution in [0.4, 0.5) is 0 Å². The standard InChI is InChI=1S/C25H33NO8/c1-13(2)23(30)17(33-16(27)15-7-6-10-26-15)24(31)18(4)12-22(29)19(23,5)25(24,32)21(34-22)11-14(3)8-9-20(18,21)28/h6-7,10,13,17,26,28-32H,3,8-9,11-12H2,1-2,4-5H3/t17-,18+,19+,20+,21-,22+,23-,24-,25+/m1/s1. The van der Waals surface area contributed by atoms with Crippen molar-refractivity contribution in [1.29, 1.82) is 0 Å². The van der Waals surface area contributed by atoms with E-state index in [4.69, 9.17) is 9.47 Å². The third-order valence-electron chi connectivity index (χ3n) is 10.8. The summed E-state index contributed by atoms with van der Waals surface area (Å²) in [4.78, 5) is 15.9. The summed E-state index contributed by atoms with van der Waals surface area (Å²) in [5.41, 5.74) is -13.2. The van der Waals surface area contributed by atoms with Crippen molar-refractivity contribution in [3.63, 3.8) is 0 Å². The van der Waals surface area contributed by atoms with Crippen LogP contribution in [0.1, 0.15) is 63.9 Å². The maximum absolute atomic E-state index is 13.1. The fourth-order valence-corrected chi connectivity index (χ4v) is 9.29. The van der Waals surface area contributed by atoms with Crippen molar-refractivity contribution in [2.45, 2.75) is 93.3 Å². The second-order valence-electron chi connectivity index (χ2n) is 12.0. The van der Waals surface area contributed by atoms with Crippen LogP contribution in [0.2, 0.25) is 0 Å². The van der Waals surface area contributed by atoms with Gasteiger partial charge in [0.25, 0.3) is 0 Å². The van der Waals surface area contributed by atoms with Gasteiger partial charge in [0.05, 0.1) is 5.41 Å². The van der Waals surface area contributed by atoms with E-state index in [1.54, 1.807) is 33.0 Å². The van der Waals surface area contributed by atoms with Gasteiger partial charge in [0, 0.05) is 24.5 Å². The maximum atomic E-state index is 13.1. The summed E-state index contributed by atoms with van der Waals surface area (Å²) in [7, 11) is 0. The molecule has 6 aliphatic rings. The molecule has 0 unspecified atom stereocenters. The quantitative estimate of drug-likeness (QED) is 0.277. The fraction of sp³-hybridized carbons (Fsp3) is 0.720. The monoisotopic (exact) mass is 475 g/mol. The Hall–Kier alpha value is -1.75. The molecule has 1 aromatic rings. The lowest BCUT2D eigenvalue weighted by Gasteiger charge is -2.59. The molecule has 9 nitrogen and oxygen atoms in total. The third kappa shape index (κ3) is 1.62. The van der Waals surface area contributed by atoms with E-state index in [0.29, 0.717) is 12.0 Å². The number of aliphatic hydroxyl groups is 5. The smallest absolute Gasteiger partial charge is 0.355 e. The van der Waals surface area contributed by atoms with Crippen LogP contribution >= 0.6 is 0 Å². The van der Waals surface area contributed by atoms with E-state index in [2.05, 4.69) is 11.6 Å². The second kappa shape index (κ2) is 5.63. The molecule has 7 rings (SSSR count). The Balaban J connectivity index is 1.68. The molecule has 1 aromatic heterocycles. The van der Waals surface area contributed by atoms with Crippen molar-refractivity contribution in [1.82, 2.24) is 4.98 Å². The van der Waals surface area contributed by atoms with Crippen molar-refractivity contribution in [3.05, 3.63) is 36.2 Å². The molecule has 4 saturated carbocycles. The number of carbonyl (C=O) groups is 1. The Morgan fingerprint density at radius 2 is 1.91 bits per heavy atom. The lowest BCUT2D eigenvalue weighted by atomic mass is 9.52. The molecular formula is C25H33NO8. The van der Waals surface area contributed by atoms with Crippen molar-refractivity contribution < 1.29 is 39.8 Å². The lowest BCUT2D eigenvalue weighted by Crippen LogP contribution is -2.73. The molecule has 2 saturated heterocycles.